The first-order chi connectivity index (χ1) is 31.0. The topological polar surface area (TPSA) is 186 Å². The smallest absolute Gasteiger partial charge is 0.329 e. The minimum Gasteiger partial charge on any atom is -0.488 e. The summed E-state index contributed by atoms with van der Waals surface area (Å²) in [5.41, 5.74) is 1.67. The van der Waals surface area contributed by atoms with Gasteiger partial charge in [0, 0.05) is 58.1 Å². The number of rotatable bonds is 8. The molecule has 0 spiro atoms. The predicted octanol–water partition coefficient (Wildman–Crippen LogP) is 6.29. The minimum absolute atomic E-state index is 0.00538. The number of nitrogens with zero attached hydrogens (tertiary/aromatic N) is 1. The first-order valence-corrected chi connectivity index (χ1v) is 23.7. The molecule has 2 saturated heterocycles. The van der Waals surface area contributed by atoms with Crippen LogP contribution in [-0.4, -0.2) is 128 Å². The van der Waals surface area contributed by atoms with E-state index in [0.29, 0.717) is 67.8 Å². The highest BCUT2D eigenvalue weighted by molar-refractivity contribution is 6.39. The fourth-order valence-electron chi connectivity index (χ4n) is 10.6. The van der Waals surface area contributed by atoms with Crippen LogP contribution < -0.4 is 14.2 Å². The Morgan fingerprint density at radius 3 is 2.31 bits per heavy atom. The van der Waals surface area contributed by atoms with Crippen molar-refractivity contribution >= 4 is 23.4 Å². The van der Waals surface area contributed by atoms with Crippen LogP contribution in [0, 0.1) is 29.6 Å². The molecule has 1 amide bonds. The number of cyclic esters (lactones) is 1. The molecule has 14 unspecified atom stereocenters. The summed E-state index contributed by atoms with van der Waals surface area (Å²) in [5.74, 6) is -5.62. The normalized spacial score (nSPS) is 37.2. The molecule has 2 N–H and O–H groups in total. The number of amides is 1. The number of ether oxygens (including phenoxy) is 8. The molecule has 65 heavy (non-hydrogen) atoms. The van der Waals surface area contributed by atoms with E-state index in [1.54, 1.807) is 21.0 Å². The van der Waals surface area contributed by atoms with Crippen molar-refractivity contribution in [1.82, 2.24) is 4.90 Å². The third-order valence-electron chi connectivity index (χ3n) is 14.5. The Hall–Kier alpha value is -3.86. The first kappa shape index (κ1) is 50.6. The number of ketones is 2. The second-order valence-corrected chi connectivity index (χ2v) is 19.3. The summed E-state index contributed by atoms with van der Waals surface area (Å²) in [6.45, 7) is 11.5. The number of Topliss-reactive ketones (excluding diaryl/α,β-unsaturated/α-hetero) is 2. The first-order valence-electron chi connectivity index (χ1n) is 23.7. The standard InChI is InChI=1S/C50H73NO14/c1-10-34-20-28(2)19-29(3)21-43(59-8)46-44(60-9)23-31(5)50(57,65-46)47(54)48(55)51-18-12-11-13-36(51)49(56)64-45(32(6)37(52)26-38(34)53)30(4)22-33-14-16-40(41(24-33)58-7)63-35-15-17-39-42(25-35)62-27-61-39/h15,17,20,22,25,29,31-34,36-37,40-41,43-46,52,57H,10-14,16,18-19,21,23-24,26-27H2,1-9H3. The van der Waals surface area contributed by atoms with Crippen LogP contribution in [0.4, 0.5) is 0 Å². The maximum Gasteiger partial charge on any atom is 0.329 e. The largest absolute Gasteiger partial charge is 0.488 e. The number of fused-ring (bicyclic) bond motifs is 4. The van der Waals surface area contributed by atoms with Gasteiger partial charge in [-0.25, -0.2) is 4.79 Å². The third-order valence-corrected chi connectivity index (χ3v) is 14.5. The van der Waals surface area contributed by atoms with Crippen LogP contribution in [0.2, 0.25) is 0 Å². The fraction of sp³-hybridized carbons (Fsp3) is 0.720. The second kappa shape index (κ2) is 22.3. The number of allylic oxidation sites excluding steroid dienone is 3. The van der Waals surface area contributed by atoms with E-state index in [1.807, 2.05) is 45.0 Å². The lowest BCUT2D eigenvalue weighted by Gasteiger charge is -2.47. The Bertz CT molecular complexity index is 1900. The predicted molar refractivity (Wildman–Crippen MR) is 239 cm³/mol. The van der Waals surface area contributed by atoms with Gasteiger partial charge in [0.2, 0.25) is 12.6 Å². The average Bonchev–Trinajstić information content (AvgIpc) is 3.77. The number of aliphatic hydroxyl groups is 2. The Balaban J connectivity index is 1.30. The Kier molecular flexibility index (Phi) is 17.3. The lowest BCUT2D eigenvalue weighted by molar-refractivity contribution is -0.302. The zero-order valence-corrected chi connectivity index (χ0v) is 39.8. The van der Waals surface area contributed by atoms with Crippen molar-refractivity contribution in [2.45, 2.75) is 167 Å². The van der Waals surface area contributed by atoms with E-state index in [4.69, 9.17) is 37.9 Å². The molecule has 1 saturated carbocycles. The van der Waals surface area contributed by atoms with E-state index < -0.39 is 77.8 Å². The van der Waals surface area contributed by atoms with Gasteiger partial charge >= 0.3 is 5.97 Å². The summed E-state index contributed by atoms with van der Waals surface area (Å²) in [6, 6.07) is 4.33. The number of benzene rings is 1. The van der Waals surface area contributed by atoms with E-state index >= 15 is 0 Å². The van der Waals surface area contributed by atoms with Crippen LogP contribution in [0.1, 0.15) is 112 Å². The Morgan fingerprint density at radius 1 is 0.892 bits per heavy atom. The van der Waals surface area contributed by atoms with Crippen LogP contribution in [-0.2, 0) is 42.9 Å². The molecule has 0 aromatic heterocycles. The van der Waals surface area contributed by atoms with Crippen LogP contribution in [0.25, 0.3) is 0 Å². The van der Waals surface area contributed by atoms with Crippen molar-refractivity contribution in [3.05, 3.63) is 41.5 Å². The van der Waals surface area contributed by atoms with Gasteiger partial charge in [0.15, 0.2) is 11.5 Å². The highest BCUT2D eigenvalue weighted by Gasteiger charge is 2.56. The number of hydrogen-bond acceptors (Lipinski definition) is 14. The number of hydrogen-bond donors (Lipinski definition) is 2. The van der Waals surface area contributed by atoms with Gasteiger partial charge in [-0.15, -0.1) is 0 Å². The highest BCUT2D eigenvalue weighted by Crippen LogP contribution is 2.41. The van der Waals surface area contributed by atoms with Gasteiger partial charge in [0.05, 0.1) is 24.4 Å². The molecule has 362 valence electrons. The second-order valence-electron chi connectivity index (χ2n) is 19.3. The zero-order valence-electron chi connectivity index (χ0n) is 39.8. The third kappa shape index (κ3) is 11.6. The van der Waals surface area contributed by atoms with E-state index in [1.165, 1.54) is 19.1 Å². The van der Waals surface area contributed by atoms with E-state index in [2.05, 4.69) is 13.0 Å². The molecule has 0 radical (unpaired) electrons. The monoisotopic (exact) mass is 912 g/mol. The number of esters is 1. The van der Waals surface area contributed by atoms with Crippen LogP contribution in [0.3, 0.4) is 0 Å². The van der Waals surface area contributed by atoms with Crippen LogP contribution in [0.5, 0.6) is 17.2 Å². The molecule has 6 rings (SSSR count). The molecule has 3 fully saturated rings. The molecule has 15 heteroatoms. The van der Waals surface area contributed by atoms with E-state index in [0.717, 1.165) is 12.0 Å². The Morgan fingerprint density at radius 2 is 1.60 bits per heavy atom. The molecule has 1 aromatic rings. The maximum absolute atomic E-state index is 14.5. The van der Waals surface area contributed by atoms with Gasteiger partial charge < -0.3 is 53.0 Å². The van der Waals surface area contributed by atoms with E-state index in [-0.39, 0.29) is 62.4 Å². The van der Waals surface area contributed by atoms with Gasteiger partial charge in [-0.05, 0) is 108 Å². The molecule has 4 aliphatic heterocycles. The van der Waals surface area contributed by atoms with E-state index in [9.17, 15) is 29.4 Å². The van der Waals surface area contributed by atoms with Crippen molar-refractivity contribution in [3.8, 4) is 17.2 Å². The molecular weight excluding hydrogens is 839 g/mol. The number of methoxy groups -OCH3 is 3. The summed E-state index contributed by atoms with van der Waals surface area (Å²) in [5, 5.41) is 24.0. The molecule has 1 aliphatic carbocycles. The molecule has 15 nitrogen and oxygen atoms in total. The fourth-order valence-corrected chi connectivity index (χ4v) is 10.6. The van der Waals surface area contributed by atoms with Crippen molar-refractivity contribution < 1.29 is 67.3 Å². The molecule has 5 aliphatic rings. The summed E-state index contributed by atoms with van der Waals surface area (Å²) in [4.78, 5) is 58.4. The van der Waals surface area contributed by atoms with Gasteiger partial charge in [-0.2, -0.15) is 0 Å². The summed E-state index contributed by atoms with van der Waals surface area (Å²) >= 11 is 0. The minimum atomic E-state index is -2.51. The summed E-state index contributed by atoms with van der Waals surface area (Å²) in [7, 11) is 4.73. The Labute approximate surface area is 384 Å². The van der Waals surface area contributed by atoms with Gasteiger partial charge in [0.25, 0.3) is 11.7 Å². The van der Waals surface area contributed by atoms with Crippen molar-refractivity contribution in [2.75, 3.05) is 34.7 Å². The molecule has 2 bridgehead atoms. The molecular formula is C50H73NO14. The number of carbonyl (C=O) groups is 4. The lowest BCUT2D eigenvalue weighted by Crippen LogP contribution is -2.64. The maximum atomic E-state index is 14.5. The number of aliphatic hydroxyl groups excluding tert-OH is 1. The number of piperidine rings is 1. The summed E-state index contributed by atoms with van der Waals surface area (Å²) in [6.07, 6.45) is 4.35. The number of carbonyl (C=O) groups excluding carboxylic acids is 4. The van der Waals surface area contributed by atoms with Gasteiger partial charge in [0.1, 0.15) is 35.9 Å². The van der Waals surface area contributed by atoms with Crippen molar-refractivity contribution in [3.63, 3.8) is 0 Å². The van der Waals surface area contributed by atoms with Crippen LogP contribution >= 0.6 is 0 Å². The summed E-state index contributed by atoms with van der Waals surface area (Å²) < 4.78 is 47.8. The van der Waals surface area contributed by atoms with Crippen LogP contribution in [0.15, 0.2) is 41.5 Å². The van der Waals surface area contributed by atoms with Gasteiger partial charge in [-0.3, -0.25) is 14.4 Å². The quantitative estimate of drug-likeness (QED) is 0.169. The highest BCUT2D eigenvalue weighted by atomic mass is 16.7. The lowest BCUT2D eigenvalue weighted by atomic mass is 9.81. The van der Waals surface area contributed by atoms with Crippen molar-refractivity contribution in [1.29, 1.82) is 0 Å². The van der Waals surface area contributed by atoms with Crippen molar-refractivity contribution in [2.24, 2.45) is 29.6 Å². The van der Waals surface area contributed by atoms with Gasteiger partial charge in [-0.1, -0.05) is 45.4 Å². The molecule has 14 atom stereocenters. The molecule has 1 aromatic carbocycles. The average molecular weight is 912 g/mol. The zero-order chi connectivity index (χ0) is 47.2. The molecule has 4 heterocycles. The SMILES string of the molecule is CCC1C=C(C)CC(C)CC(OC)C2OC(O)(C(=O)C(=O)N3CCCCC3C(=O)OC(C(C)=CC3CCC(Oc4ccc5c(c4)OCO5)C(OC)C3)C(C)C(O)CC1=O)C(C)CC2OC.